The fourth-order valence-corrected chi connectivity index (χ4v) is 4.80. The highest BCUT2D eigenvalue weighted by atomic mass is 16.6. The average molecular weight is 369 g/mol. The van der Waals surface area contributed by atoms with E-state index in [9.17, 15) is 4.79 Å². The van der Waals surface area contributed by atoms with Gasteiger partial charge in [-0.15, -0.1) is 0 Å². The molecule has 1 aromatic carbocycles. The van der Waals surface area contributed by atoms with E-state index in [1.807, 2.05) is 31.4 Å². The molecule has 2 aliphatic heterocycles. The maximum Gasteiger partial charge on any atom is 0.419 e. The van der Waals surface area contributed by atoms with E-state index < -0.39 is 5.60 Å². The lowest BCUT2D eigenvalue weighted by Crippen LogP contribution is -2.38. The second-order valence-electron chi connectivity index (χ2n) is 9.05. The summed E-state index contributed by atoms with van der Waals surface area (Å²) in [5.74, 6) is 0. The van der Waals surface area contributed by atoms with Crippen LogP contribution in [0.3, 0.4) is 0 Å². The zero-order chi connectivity index (χ0) is 19.0. The van der Waals surface area contributed by atoms with Gasteiger partial charge in [0.1, 0.15) is 5.60 Å². The van der Waals surface area contributed by atoms with Crippen molar-refractivity contribution in [2.24, 2.45) is 0 Å². The summed E-state index contributed by atoms with van der Waals surface area (Å²) in [6, 6.07) is 8.66. The molecule has 0 radical (unpaired) electrons. The first-order chi connectivity index (χ1) is 13.0. The third-order valence-corrected chi connectivity index (χ3v) is 5.92. The minimum absolute atomic E-state index is 0.235. The maximum absolute atomic E-state index is 13.2. The average Bonchev–Trinajstić information content (AvgIpc) is 2.99. The van der Waals surface area contributed by atoms with Crippen LogP contribution in [-0.2, 0) is 11.2 Å². The van der Waals surface area contributed by atoms with Gasteiger partial charge in [-0.2, -0.15) is 0 Å². The van der Waals surface area contributed by atoms with Gasteiger partial charge in [-0.05, 0) is 58.2 Å². The van der Waals surface area contributed by atoms with Crippen LogP contribution in [0.1, 0.15) is 76.6 Å². The predicted molar refractivity (Wildman–Crippen MR) is 109 cm³/mol. The molecule has 1 aromatic heterocycles. The minimum atomic E-state index is -0.498. The topological polar surface area (TPSA) is 34.5 Å². The van der Waals surface area contributed by atoms with E-state index in [0.717, 1.165) is 31.4 Å². The van der Waals surface area contributed by atoms with Gasteiger partial charge in [-0.3, -0.25) is 4.90 Å². The number of fused-ring (bicyclic) bond motifs is 5. The second kappa shape index (κ2) is 7.31. The standard InChI is InChI=1S/C23H32N2O2/c1-23(2,3)27-22(26)25-19-12-9-8-11-17(19)18-14-16-24-15-10-6-4-5-7-13-20(24)21(18)25/h8-9,11-12,20H,4-7,10,13-16H2,1-3H3. The van der Waals surface area contributed by atoms with Crippen molar-refractivity contribution in [1.82, 2.24) is 9.47 Å². The van der Waals surface area contributed by atoms with Crippen LogP contribution >= 0.6 is 0 Å². The van der Waals surface area contributed by atoms with Crippen LogP contribution in [0.5, 0.6) is 0 Å². The van der Waals surface area contributed by atoms with Crippen molar-refractivity contribution in [2.45, 2.75) is 77.4 Å². The Kier molecular flexibility index (Phi) is 5.02. The third-order valence-electron chi connectivity index (χ3n) is 5.92. The minimum Gasteiger partial charge on any atom is -0.443 e. The molecule has 0 bridgehead atoms. The number of ether oxygens (including phenoxy) is 1. The fraction of sp³-hybridized carbons (Fsp3) is 0.609. The van der Waals surface area contributed by atoms with E-state index in [0.29, 0.717) is 6.04 Å². The van der Waals surface area contributed by atoms with Crippen molar-refractivity contribution in [3.05, 3.63) is 35.5 Å². The SMILES string of the molecule is CC(C)(C)OC(=O)n1c2c(c3ccccc31)CCN1CCCCCCCC21. The van der Waals surface area contributed by atoms with Gasteiger partial charge >= 0.3 is 6.09 Å². The zero-order valence-electron chi connectivity index (χ0n) is 17.0. The molecular weight excluding hydrogens is 336 g/mol. The van der Waals surface area contributed by atoms with Gasteiger partial charge < -0.3 is 4.74 Å². The molecule has 4 nitrogen and oxygen atoms in total. The highest BCUT2D eigenvalue weighted by Gasteiger charge is 2.35. The van der Waals surface area contributed by atoms with E-state index in [-0.39, 0.29) is 6.09 Å². The van der Waals surface area contributed by atoms with Crippen LogP contribution < -0.4 is 0 Å². The van der Waals surface area contributed by atoms with Crippen LogP contribution in [0.15, 0.2) is 24.3 Å². The molecule has 3 heterocycles. The van der Waals surface area contributed by atoms with Gasteiger partial charge in [0.2, 0.25) is 0 Å². The molecule has 1 saturated heterocycles. The van der Waals surface area contributed by atoms with Crippen LogP contribution in [0.2, 0.25) is 0 Å². The number of para-hydroxylation sites is 1. The molecule has 0 saturated carbocycles. The van der Waals surface area contributed by atoms with E-state index in [1.54, 1.807) is 0 Å². The molecule has 0 aliphatic carbocycles. The summed E-state index contributed by atoms with van der Waals surface area (Å²) in [5.41, 5.74) is 3.05. The number of benzene rings is 1. The molecule has 1 unspecified atom stereocenters. The summed E-state index contributed by atoms with van der Waals surface area (Å²) in [5, 5.41) is 1.22. The molecule has 4 rings (SSSR count). The monoisotopic (exact) mass is 368 g/mol. The fourth-order valence-electron chi connectivity index (χ4n) is 4.80. The maximum atomic E-state index is 13.2. The van der Waals surface area contributed by atoms with Gasteiger partial charge in [0.05, 0.1) is 17.3 Å². The van der Waals surface area contributed by atoms with Crippen LogP contribution in [-0.4, -0.2) is 34.3 Å². The van der Waals surface area contributed by atoms with Crippen molar-refractivity contribution in [1.29, 1.82) is 0 Å². The summed E-state index contributed by atoms with van der Waals surface area (Å²) in [7, 11) is 0. The second-order valence-corrected chi connectivity index (χ2v) is 9.05. The van der Waals surface area contributed by atoms with Crippen molar-refractivity contribution >= 4 is 17.0 Å². The lowest BCUT2D eigenvalue weighted by atomic mass is 9.94. The first-order valence-corrected chi connectivity index (χ1v) is 10.6. The number of hydrogen-bond acceptors (Lipinski definition) is 3. The summed E-state index contributed by atoms with van der Waals surface area (Å²) < 4.78 is 7.72. The number of rotatable bonds is 0. The Bertz CT molecular complexity index is 831. The Morgan fingerprint density at radius 3 is 2.59 bits per heavy atom. The van der Waals surface area contributed by atoms with E-state index in [4.69, 9.17) is 4.74 Å². The summed E-state index contributed by atoms with van der Waals surface area (Å²) in [4.78, 5) is 15.8. The van der Waals surface area contributed by atoms with Gasteiger partial charge in [-0.1, -0.05) is 43.9 Å². The Morgan fingerprint density at radius 2 is 1.78 bits per heavy atom. The van der Waals surface area contributed by atoms with Crippen molar-refractivity contribution in [2.75, 3.05) is 13.1 Å². The van der Waals surface area contributed by atoms with Gasteiger partial charge in [-0.25, -0.2) is 9.36 Å². The molecule has 1 atom stereocenters. The first kappa shape index (κ1) is 18.5. The smallest absolute Gasteiger partial charge is 0.419 e. The molecule has 0 amide bonds. The van der Waals surface area contributed by atoms with Gasteiger partial charge in [0.15, 0.2) is 0 Å². The Balaban J connectivity index is 1.85. The molecule has 0 N–H and O–H groups in total. The van der Waals surface area contributed by atoms with E-state index >= 15 is 0 Å². The highest BCUT2D eigenvalue weighted by molar-refractivity contribution is 5.94. The summed E-state index contributed by atoms with van der Waals surface area (Å²) in [6.45, 7) is 8.06. The summed E-state index contributed by atoms with van der Waals surface area (Å²) >= 11 is 0. The number of aromatic nitrogens is 1. The molecule has 1 fully saturated rings. The Labute approximate surface area is 162 Å². The van der Waals surface area contributed by atoms with Gasteiger partial charge in [0, 0.05) is 11.9 Å². The quantitative estimate of drug-likeness (QED) is 0.600. The molecule has 4 heteroatoms. The van der Waals surface area contributed by atoms with Crippen LogP contribution in [0.4, 0.5) is 4.79 Å². The summed E-state index contributed by atoms with van der Waals surface area (Å²) in [6.07, 6.45) is 8.37. The lowest BCUT2D eigenvalue weighted by Gasteiger charge is -2.37. The van der Waals surface area contributed by atoms with Crippen LogP contribution in [0, 0.1) is 0 Å². The number of carbonyl (C=O) groups excluding carboxylic acids is 1. The first-order valence-electron chi connectivity index (χ1n) is 10.6. The molecule has 146 valence electrons. The normalized spacial score (nSPS) is 21.7. The van der Waals surface area contributed by atoms with E-state index in [1.165, 1.54) is 48.7 Å². The van der Waals surface area contributed by atoms with E-state index in [2.05, 4.69) is 23.1 Å². The highest BCUT2D eigenvalue weighted by Crippen LogP contribution is 2.40. The number of nitrogens with zero attached hydrogens (tertiary/aromatic N) is 2. The zero-order valence-corrected chi connectivity index (χ0v) is 17.0. The third kappa shape index (κ3) is 3.64. The molecule has 2 aliphatic rings. The van der Waals surface area contributed by atoms with Crippen molar-refractivity contribution in [3.8, 4) is 0 Å². The van der Waals surface area contributed by atoms with Gasteiger partial charge in [0.25, 0.3) is 0 Å². The van der Waals surface area contributed by atoms with Crippen LogP contribution in [0.25, 0.3) is 10.9 Å². The largest absolute Gasteiger partial charge is 0.443 e. The molecule has 2 aromatic rings. The Hall–Kier alpha value is -1.81. The van der Waals surface area contributed by atoms with Crippen molar-refractivity contribution < 1.29 is 9.53 Å². The molecule has 27 heavy (non-hydrogen) atoms. The van der Waals surface area contributed by atoms with Crippen molar-refractivity contribution in [3.63, 3.8) is 0 Å². The molecular formula is C23H32N2O2. The lowest BCUT2D eigenvalue weighted by molar-refractivity contribution is 0.0524. The number of carbonyl (C=O) groups is 1. The predicted octanol–water partition coefficient (Wildman–Crippen LogP) is 5.68. The number of hydrogen-bond donors (Lipinski definition) is 0. The Morgan fingerprint density at radius 1 is 1.04 bits per heavy atom. The molecule has 0 spiro atoms.